The van der Waals surface area contributed by atoms with Crippen LogP contribution in [0.25, 0.3) is 0 Å². The second-order valence-electron chi connectivity index (χ2n) is 8.07. The summed E-state index contributed by atoms with van der Waals surface area (Å²) in [5, 5.41) is 0.392. The first-order valence-corrected chi connectivity index (χ1v) is 12.2. The van der Waals surface area contributed by atoms with Crippen molar-refractivity contribution in [2.24, 2.45) is 5.92 Å². The largest absolute Gasteiger partial charge is 0.334 e. The van der Waals surface area contributed by atoms with Gasteiger partial charge in [0.25, 0.3) is 0 Å². The number of carbonyl (C=O) groups is 1. The highest BCUT2D eigenvalue weighted by Gasteiger charge is 2.37. The molecule has 30 heavy (non-hydrogen) atoms. The van der Waals surface area contributed by atoms with E-state index >= 15 is 0 Å². The van der Waals surface area contributed by atoms with E-state index in [9.17, 15) is 13.2 Å². The molecule has 2 heterocycles. The summed E-state index contributed by atoms with van der Waals surface area (Å²) in [6, 6.07) is 10.0. The lowest BCUT2D eigenvalue weighted by molar-refractivity contribution is -0.142. The smallest absolute Gasteiger partial charge is 0.243 e. The van der Waals surface area contributed by atoms with Crippen LogP contribution in [-0.4, -0.2) is 47.6 Å². The summed E-state index contributed by atoms with van der Waals surface area (Å²) >= 11 is 6.02. The van der Waals surface area contributed by atoms with Gasteiger partial charge < -0.3 is 4.90 Å². The van der Waals surface area contributed by atoms with Gasteiger partial charge in [0.1, 0.15) is 0 Å². The molecule has 1 saturated carbocycles. The highest BCUT2D eigenvalue weighted by Crippen LogP contribution is 2.32. The molecule has 1 aromatic heterocycles. The minimum atomic E-state index is -3.66. The topological polar surface area (TPSA) is 70.6 Å². The summed E-state index contributed by atoms with van der Waals surface area (Å²) in [6.07, 6.45) is 7.90. The molecule has 0 spiro atoms. The van der Waals surface area contributed by atoms with Crippen LogP contribution in [0.4, 0.5) is 0 Å². The molecular formula is C22H26ClN3O3S. The second-order valence-corrected chi connectivity index (χ2v) is 10.4. The third-order valence-corrected chi connectivity index (χ3v) is 8.14. The summed E-state index contributed by atoms with van der Waals surface area (Å²) < 4.78 is 27.9. The molecule has 1 aliphatic heterocycles. The van der Waals surface area contributed by atoms with Gasteiger partial charge in [-0.25, -0.2) is 8.42 Å². The highest BCUT2D eigenvalue weighted by molar-refractivity contribution is 7.89. The molecule has 1 aromatic carbocycles. The van der Waals surface area contributed by atoms with Gasteiger partial charge in [-0.2, -0.15) is 4.31 Å². The van der Waals surface area contributed by atoms with Crippen LogP contribution in [0, 0.1) is 5.92 Å². The van der Waals surface area contributed by atoms with Gasteiger partial charge in [0, 0.05) is 49.0 Å². The van der Waals surface area contributed by atoms with Crippen LogP contribution in [0.1, 0.15) is 37.7 Å². The van der Waals surface area contributed by atoms with Crippen molar-refractivity contribution in [1.82, 2.24) is 14.2 Å². The zero-order valence-electron chi connectivity index (χ0n) is 16.8. The fraction of sp³-hybridized carbons (Fsp3) is 0.455. The van der Waals surface area contributed by atoms with Crippen molar-refractivity contribution < 1.29 is 13.2 Å². The zero-order valence-corrected chi connectivity index (χ0v) is 18.4. The third kappa shape index (κ3) is 4.53. The number of piperidine rings is 1. The van der Waals surface area contributed by atoms with Gasteiger partial charge in [-0.1, -0.05) is 30.2 Å². The normalized spacial score (nSPS) is 20.5. The molecule has 2 fully saturated rings. The lowest BCUT2D eigenvalue weighted by Gasteiger charge is -2.41. The van der Waals surface area contributed by atoms with Crippen molar-refractivity contribution in [3.05, 3.63) is 59.4 Å². The van der Waals surface area contributed by atoms with Crippen LogP contribution in [0.15, 0.2) is 53.7 Å². The van der Waals surface area contributed by atoms with E-state index in [0.29, 0.717) is 31.1 Å². The average Bonchev–Trinajstić information content (AvgIpc) is 2.71. The molecule has 1 atom stereocenters. The summed E-state index contributed by atoms with van der Waals surface area (Å²) in [6.45, 7) is 1.20. The molecule has 1 unspecified atom stereocenters. The first-order chi connectivity index (χ1) is 14.4. The number of hydrogen-bond donors (Lipinski definition) is 0. The van der Waals surface area contributed by atoms with Gasteiger partial charge in [0.05, 0.1) is 4.90 Å². The summed E-state index contributed by atoms with van der Waals surface area (Å²) in [5.41, 5.74) is 0.958. The quantitative estimate of drug-likeness (QED) is 0.676. The summed E-state index contributed by atoms with van der Waals surface area (Å²) in [5.74, 6) is 0.193. The fourth-order valence-corrected chi connectivity index (χ4v) is 5.95. The Kier molecular flexibility index (Phi) is 6.41. The SMILES string of the molecule is O=C(C1CCC1)N(Cc1cccnc1)C1CCCN(S(=O)(=O)c2cccc(Cl)c2)C1. The van der Waals surface area contributed by atoms with Crippen LogP contribution in [0.5, 0.6) is 0 Å². The molecule has 2 aromatic rings. The molecule has 6 nitrogen and oxygen atoms in total. The summed E-state index contributed by atoms with van der Waals surface area (Å²) in [4.78, 5) is 19.5. The average molecular weight is 448 g/mol. The lowest BCUT2D eigenvalue weighted by atomic mass is 9.83. The minimum absolute atomic E-state index is 0.0570. The number of rotatable bonds is 6. The summed E-state index contributed by atoms with van der Waals surface area (Å²) in [7, 11) is -3.66. The monoisotopic (exact) mass is 447 g/mol. The maximum absolute atomic E-state index is 13.2. The maximum atomic E-state index is 13.2. The van der Waals surface area contributed by atoms with Gasteiger partial charge in [-0.3, -0.25) is 9.78 Å². The number of pyridine rings is 1. The standard InChI is InChI=1S/C22H26ClN3O3S/c23-19-8-2-10-21(13-19)30(28,29)25-12-4-9-20(16-25)26(22(27)18-6-1-7-18)15-17-5-3-11-24-14-17/h2-3,5,8,10-11,13-14,18,20H,1,4,6-7,9,12,15-16H2. The maximum Gasteiger partial charge on any atom is 0.243 e. The third-order valence-electron chi connectivity index (χ3n) is 6.05. The Morgan fingerprint density at radius 3 is 2.67 bits per heavy atom. The van der Waals surface area contributed by atoms with Crippen molar-refractivity contribution in [2.45, 2.75) is 49.6 Å². The van der Waals surface area contributed by atoms with E-state index in [4.69, 9.17) is 11.6 Å². The Morgan fingerprint density at radius 2 is 2.00 bits per heavy atom. The Bertz CT molecular complexity index is 996. The van der Waals surface area contributed by atoms with Crippen molar-refractivity contribution in [3.8, 4) is 0 Å². The molecule has 0 radical (unpaired) electrons. The van der Waals surface area contributed by atoms with Crippen LogP contribution in [0.3, 0.4) is 0 Å². The first-order valence-electron chi connectivity index (χ1n) is 10.4. The Morgan fingerprint density at radius 1 is 1.17 bits per heavy atom. The lowest BCUT2D eigenvalue weighted by Crippen LogP contribution is -2.53. The molecule has 2 aliphatic rings. The molecule has 4 rings (SSSR count). The molecule has 1 saturated heterocycles. The molecule has 8 heteroatoms. The number of hydrogen-bond acceptors (Lipinski definition) is 4. The second kappa shape index (κ2) is 9.04. The Labute approximate surface area is 182 Å². The van der Waals surface area contributed by atoms with Gasteiger partial charge in [0.2, 0.25) is 15.9 Å². The molecule has 1 aliphatic carbocycles. The van der Waals surface area contributed by atoms with E-state index in [1.165, 1.54) is 10.4 Å². The van der Waals surface area contributed by atoms with E-state index < -0.39 is 10.0 Å². The van der Waals surface area contributed by atoms with Crippen molar-refractivity contribution in [3.63, 3.8) is 0 Å². The van der Waals surface area contributed by atoms with Gasteiger partial charge >= 0.3 is 0 Å². The van der Waals surface area contributed by atoms with Crippen molar-refractivity contribution in [1.29, 1.82) is 0 Å². The van der Waals surface area contributed by atoms with Crippen LogP contribution >= 0.6 is 11.6 Å². The number of amides is 1. The number of sulfonamides is 1. The van der Waals surface area contributed by atoms with Gasteiger partial charge in [-0.15, -0.1) is 0 Å². The van der Waals surface area contributed by atoms with Crippen molar-refractivity contribution >= 4 is 27.5 Å². The molecular weight excluding hydrogens is 422 g/mol. The highest BCUT2D eigenvalue weighted by atomic mass is 35.5. The number of halogens is 1. The number of nitrogens with zero attached hydrogens (tertiary/aromatic N) is 3. The molecule has 160 valence electrons. The van der Waals surface area contributed by atoms with E-state index in [1.54, 1.807) is 30.6 Å². The van der Waals surface area contributed by atoms with Crippen LogP contribution in [0.2, 0.25) is 5.02 Å². The zero-order chi connectivity index (χ0) is 21.1. The Balaban J connectivity index is 1.57. The van der Waals surface area contributed by atoms with Gasteiger partial charge in [0.15, 0.2) is 0 Å². The van der Waals surface area contributed by atoms with Crippen LogP contribution in [-0.2, 0) is 21.4 Å². The first kappa shape index (κ1) is 21.3. The van der Waals surface area contributed by atoms with Crippen molar-refractivity contribution in [2.75, 3.05) is 13.1 Å². The van der Waals surface area contributed by atoms with E-state index in [0.717, 1.165) is 31.2 Å². The predicted octanol–water partition coefficient (Wildman–Crippen LogP) is 3.72. The number of aromatic nitrogens is 1. The molecule has 0 N–H and O–H groups in total. The van der Waals surface area contributed by atoms with Crippen LogP contribution < -0.4 is 0 Å². The predicted molar refractivity (Wildman–Crippen MR) is 115 cm³/mol. The van der Waals surface area contributed by atoms with E-state index in [2.05, 4.69) is 4.98 Å². The fourth-order valence-electron chi connectivity index (χ4n) is 4.14. The van der Waals surface area contributed by atoms with E-state index in [-0.39, 0.29) is 22.8 Å². The number of carbonyl (C=O) groups excluding carboxylic acids is 1. The molecule has 0 bridgehead atoms. The number of benzene rings is 1. The van der Waals surface area contributed by atoms with E-state index in [1.807, 2.05) is 17.0 Å². The minimum Gasteiger partial charge on any atom is -0.334 e. The van der Waals surface area contributed by atoms with Gasteiger partial charge in [-0.05, 0) is 55.5 Å². The Hall–Kier alpha value is -1.96. The molecule has 1 amide bonds.